The highest BCUT2D eigenvalue weighted by molar-refractivity contribution is 7.22. The molecule has 22 heteroatoms. The van der Waals surface area contributed by atoms with Gasteiger partial charge in [-0.15, -0.1) is 0 Å². The average Bonchev–Trinajstić information content (AvgIpc) is 1.40. The van der Waals surface area contributed by atoms with Gasteiger partial charge in [-0.1, -0.05) is 125 Å². The molecule has 0 N–H and O–H groups in total. The van der Waals surface area contributed by atoms with E-state index in [1.54, 1.807) is 95.8 Å². The minimum absolute atomic E-state index is 0.321. The molecule has 2 heterocycles. The zero-order valence-corrected chi connectivity index (χ0v) is 63.8. The number of hydrogen-bond acceptors (Lipinski definition) is 22. The number of ether oxygens (including phenoxy) is 8. The number of aromatic nitrogens is 2. The van der Waals surface area contributed by atoms with Crippen LogP contribution in [0.2, 0.25) is 0 Å². The van der Waals surface area contributed by atoms with Crippen LogP contribution in [-0.2, 0) is 38.1 Å². The summed E-state index contributed by atoms with van der Waals surface area (Å²) < 4.78 is 48.8. The summed E-state index contributed by atoms with van der Waals surface area (Å²) in [7, 11) is 0. The van der Waals surface area contributed by atoms with Crippen LogP contribution in [0.25, 0.3) is 31.6 Å². The summed E-state index contributed by atoms with van der Waals surface area (Å²) in [5.41, 5.74) is 5.20. The second-order valence-corrected chi connectivity index (χ2v) is 29.2. The number of hydrazone groups is 2. The van der Waals surface area contributed by atoms with E-state index in [1.807, 2.05) is 70.7 Å². The Labute approximate surface area is 641 Å². The van der Waals surface area contributed by atoms with Crippen molar-refractivity contribution in [2.45, 2.75) is 180 Å². The molecule has 2 aliphatic rings. The Morgan fingerprint density at radius 1 is 0.454 bits per heavy atom. The Bertz CT molecular complexity index is 3970. The van der Waals surface area contributed by atoms with Crippen molar-refractivity contribution >= 4 is 102 Å². The fraction of sp³-hybridized carbons (Fsp3) is 0.419. The first-order chi connectivity index (χ1) is 52.8. The van der Waals surface area contributed by atoms with Gasteiger partial charge < -0.3 is 37.9 Å². The number of para-hydroxylation sites is 2. The molecule has 20 nitrogen and oxygen atoms in total. The Morgan fingerprint density at radius 2 is 0.833 bits per heavy atom. The van der Waals surface area contributed by atoms with Crippen molar-refractivity contribution < 1.29 is 66.7 Å². The molecule has 6 aromatic carbocycles. The molecule has 570 valence electrons. The molecule has 108 heavy (non-hydrogen) atoms. The highest BCUT2D eigenvalue weighted by Crippen LogP contribution is 2.37. The third-order valence-corrected chi connectivity index (χ3v) is 21.2. The summed E-state index contributed by atoms with van der Waals surface area (Å²) in [6.07, 6.45) is 23.8. The molecular weight excluding hydrogens is 1410 g/mol. The molecule has 0 saturated heterocycles. The van der Waals surface area contributed by atoms with Gasteiger partial charge in [0, 0.05) is 36.4 Å². The van der Waals surface area contributed by atoms with Gasteiger partial charge in [0.1, 0.15) is 35.2 Å². The van der Waals surface area contributed by atoms with E-state index >= 15 is 0 Å². The third-order valence-electron chi connectivity index (χ3n) is 19.1. The van der Waals surface area contributed by atoms with E-state index in [4.69, 9.17) is 58.1 Å². The van der Waals surface area contributed by atoms with Crippen LogP contribution in [0, 0.1) is 11.8 Å². The number of thiazole rings is 2. The van der Waals surface area contributed by atoms with E-state index in [0.717, 1.165) is 157 Å². The summed E-state index contributed by atoms with van der Waals surface area (Å²) in [5.74, 6) is -1.46. The molecule has 2 fully saturated rings. The minimum atomic E-state index is -0.453. The van der Waals surface area contributed by atoms with Crippen LogP contribution >= 0.6 is 22.7 Å². The first kappa shape index (κ1) is 80.5. The van der Waals surface area contributed by atoms with E-state index in [0.29, 0.717) is 136 Å². The summed E-state index contributed by atoms with van der Waals surface area (Å²) in [5, 5.41) is 15.6. The molecule has 0 bridgehead atoms. The number of esters is 6. The Kier molecular flexibility index (Phi) is 32.1. The number of carbonyl (C=O) groups is 6. The lowest BCUT2D eigenvalue weighted by molar-refractivity contribution is -0.141. The van der Waals surface area contributed by atoms with Crippen LogP contribution in [-0.4, -0.2) is 110 Å². The standard InChI is InChI=1S/C86H100N6O14S2/c1-5-9-11-21-51-91(85-89-73-27-17-19-29-77(73)107-85)87-59-67-57-65(39-49-75(67)105-83(97)63-35-45-71(46-36-63)103-81(95)61-31-41-69(42-32-61)99-53-23-13-15-25-55-101-79(93)7-3)66-40-50-76(68(58-66)60-88-92(52-22-12-10-6-2)86-90-74-28-18-20-30-78(74)108-86)106-84(98)64-37-47-72(48-38-64)104-82(96)62-33-43-70(44-34-62)100-54-24-14-16-26-56-102-80(94)8-4/h7-8,17-20,27-34,39-44,49-50,57-60,63-64,71-72H,3-6,9-16,21-26,35-38,45-48,51-56H2,1-2H3/b87-59+,88-60+. The number of nitrogens with zero attached hydrogens (tertiary/aromatic N) is 6. The van der Waals surface area contributed by atoms with Crippen molar-refractivity contribution in [3.05, 3.63) is 181 Å². The highest BCUT2D eigenvalue weighted by Gasteiger charge is 2.33. The molecule has 0 aliphatic heterocycles. The Balaban J connectivity index is 0.842. The second kappa shape index (κ2) is 43.1. The molecule has 0 radical (unpaired) electrons. The number of carbonyl (C=O) groups excluding carboxylic acids is 6. The number of rotatable bonds is 43. The minimum Gasteiger partial charge on any atom is -0.494 e. The van der Waals surface area contributed by atoms with Gasteiger partial charge in [0.25, 0.3) is 0 Å². The maximum atomic E-state index is 14.4. The summed E-state index contributed by atoms with van der Waals surface area (Å²) in [4.78, 5) is 88.2. The predicted octanol–water partition coefficient (Wildman–Crippen LogP) is 19.4. The number of benzene rings is 6. The number of anilines is 2. The third kappa shape index (κ3) is 25.0. The Hall–Kier alpha value is -10.1. The maximum absolute atomic E-state index is 14.4. The average molecular weight is 1510 g/mol. The van der Waals surface area contributed by atoms with E-state index in [9.17, 15) is 28.8 Å². The van der Waals surface area contributed by atoms with E-state index < -0.39 is 47.7 Å². The molecule has 8 aromatic rings. The fourth-order valence-electron chi connectivity index (χ4n) is 12.8. The molecule has 2 saturated carbocycles. The molecule has 10 rings (SSSR count). The lowest BCUT2D eigenvalue weighted by atomic mass is 9.87. The molecule has 0 amide bonds. The van der Waals surface area contributed by atoms with E-state index in [2.05, 4.69) is 39.1 Å². The van der Waals surface area contributed by atoms with E-state index in [1.165, 1.54) is 0 Å². The van der Waals surface area contributed by atoms with Crippen LogP contribution in [0.3, 0.4) is 0 Å². The molecule has 2 aromatic heterocycles. The van der Waals surface area contributed by atoms with Crippen molar-refractivity contribution in [2.24, 2.45) is 22.0 Å². The molecule has 2 aliphatic carbocycles. The monoisotopic (exact) mass is 1500 g/mol. The number of unbranched alkanes of at least 4 members (excludes halogenated alkanes) is 12. The van der Waals surface area contributed by atoms with Crippen molar-refractivity contribution in [1.29, 1.82) is 0 Å². The number of hydrogen-bond donors (Lipinski definition) is 0. The van der Waals surface area contributed by atoms with Gasteiger partial charge >= 0.3 is 35.8 Å². The summed E-state index contributed by atoms with van der Waals surface area (Å²) in [6, 6.07) is 41.2. The first-order valence-corrected chi connectivity index (χ1v) is 40.0. The predicted molar refractivity (Wildman–Crippen MR) is 426 cm³/mol. The lowest BCUT2D eigenvalue weighted by Crippen LogP contribution is -2.30. The van der Waals surface area contributed by atoms with Crippen LogP contribution in [0.5, 0.6) is 23.0 Å². The fourth-order valence-corrected chi connectivity index (χ4v) is 14.7. The van der Waals surface area contributed by atoms with Crippen molar-refractivity contribution in [3.8, 4) is 34.1 Å². The largest absolute Gasteiger partial charge is 0.494 e. The zero-order chi connectivity index (χ0) is 75.7. The van der Waals surface area contributed by atoms with Crippen LogP contribution < -0.4 is 29.0 Å². The second-order valence-electron chi connectivity index (χ2n) is 27.2. The van der Waals surface area contributed by atoms with Gasteiger partial charge in [-0.3, -0.25) is 9.59 Å². The van der Waals surface area contributed by atoms with Gasteiger partial charge in [0.2, 0.25) is 10.3 Å². The van der Waals surface area contributed by atoms with Gasteiger partial charge in [0.05, 0.1) is 82.3 Å². The van der Waals surface area contributed by atoms with Gasteiger partial charge in [-0.25, -0.2) is 39.2 Å². The van der Waals surface area contributed by atoms with Gasteiger partial charge in [-0.05, 0) is 224 Å². The first-order valence-electron chi connectivity index (χ1n) is 38.4. The molecule has 0 spiro atoms. The zero-order valence-electron chi connectivity index (χ0n) is 62.2. The smallest absolute Gasteiger partial charge is 0.338 e. The SMILES string of the molecule is C=CC(=O)OCCCCCCOc1ccc(C(=O)OC2CCC(C(=O)Oc3ccc(-c4ccc(OC(=O)C5CCC(OC(=O)c6ccc(OCCCCCCOC(=O)C=C)cc6)CC5)c(/C=N/N(CCCCCC)c5nc6ccccc6s5)c4)cc3/C=N/N(CCCCCC)c3nc4ccccc4s3)CC2)cc1. The van der Waals surface area contributed by atoms with Crippen LogP contribution in [0.1, 0.15) is 200 Å². The van der Waals surface area contributed by atoms with Crippen LogP contribution in [0.15, 0.2) is 169 Å². The van der Waals surface area contributed by atoms with E-state index in [-0.39, 0.29) is 12.2 Å². The van der Waals surface area contributed by atoms with Crippen molar-refractivity contribution in [2.75, 3.05) is 49.5 Å². The topological polar surface area (TPSA) is 233 Å². The maximum Gasteiger partial charge on any atom is 0.338 e. The van der Waals surface area contributed by atoms with Crippen LogP contribution in [0.4, 0.5) is 10.3 Å². The highest BCUT2D eigenvalue weighted by atomic mass is 32.1. The molecule has 0 unspecified atom stereocenters. The Morgan fingerprint density at radius 3 is 1.21 bits per heavy atom. The van der Waals surface area contributed by atoms with Gasteiger partial charge in [0.15, 0.2) is 0 Å². The summed E-state index contributed by atoms with van der Waals surface area (Å²) >= 11 is 3.13. The molecular formula is C86H100N6O14S2. The molecule has 0 atom stereocenters. The normalized spacial score (nSPS) is 15.7. The lowest BCUT2D eigenvalue weighted by Gasteiger charge is -2.27. The quantitative estimate of drug-likeness (QED) is 0.00657. The van der Waals surface area contributed by atoms with Crippen molar-refractivity contribution in [3.63, 3.8) is 0 Å². The summed E-state index contributed by atoms with van der Waals surface area (Å²) in [6.45, 7) is 14.2. The van der Waals surface area contributed by atoms with Crippen molar-refractivity contribution in [1.82, 2.24) is 9.97 Å². The number of fused-ring (bicyclic) bond motifs is 2. The van der Waals surface area contributed by atoms with Gasteiger partial charge in [-0.2, -0.15) is 10.2 Å².